The monoisotopic (exact) mass is 252 g/mol. The van der Waals surface area contributed by atoms with E-state index in [0.29, 0.717) is 6.04 Å². The van der Waals surface area contributed by atoms with Gasteiger partial charge in [0.05, 0.1) is 6.04 Å². The Kier molecular flexibility index (Phi) is 3.03. The number of likely N-dealkylation sites (N-methyl/N-ethyl adjacent to an activating group) is 1. The van der Waals surface area contributed by atoms with Crippen LogP contribution in [0.15, 0.2) is 36.4 Å². The van der Waals surface area contributed by atoms with Crippen LogP contribution in [0.3, 0.4) is 0 Å². The van der Waals surface area contributed by atoms with E-state index in [1.165, 1.54) is 21.9 Å². The fourth-order valence-corrected chi connectivity index (χ4v) is 3.10. The molecular formula is C17H20N2. The third-order valence-electron chi connectivity index (χ3n) is 4.12. The molecule has 0 amide bonds. The van der Waals surface area contributed by atoms with Crippen molar-refractivity contribution in [2.24, 2.45) is 0 Å². The molecule has 2 aromatic rings. The summed E-state index contributed by atoms with van der Waals surface area (Å²) in [5.41, 5.74) is 9.55. The lowest BCUT2D eigenvalue weighted by Gasteiger charge is -2.31. The molecule has 98 valence electrons. The summed E-state index contributed by atoms with van der Waals surface area (Å²) in [6.45, 7) is 6.54. The molecule has 0 saturated carbocycles. The first-order valence-electron chi connectivity index (χ1n) is 6.99. The van der Waals surface area contributed by atoms with Crippen LogP contribution in [0.5, 0.6) is 0 Å². The van der Waals surface area contributed by atoms with E-state index < -0.39 is 0 Å². The van der Waals surface area contributed by atoms with Crippen LogP contribution in [0.25, 0.3) is 16.8 Å². The molecule has 3 rings (SSSR count). The molecule has 0 bridgehead atoms. The average Bonchev–Trinajstić information content (AvgIpc) is 2.45. The van der Waals surface area contributed by atoms with Gasteiger partial charge in [0.1, 0.15) is 0 Å². The largest absolute Gasteiger partial charge is 0.398 e. The first-order valence-corrected chi connectivity index (χ1v) is 6.99. The van der Waals surface area contributed by atoms with Crippen molar-refractivity contribution < 1.29 is 0 Å². The maximum Gasteiger partial charge on any atom is 0.0540 e. The molecule has 0 fully saturated rings. The van der Waals surface area contributed by atoms with E-state index in [1.54, 1.807) is 0 Å². The van der Waals surface area contributed by atoms with Crippen LogP contribution >= 0.6 is 0 Å². The van der Waals surface area contributed by atoms with E-state index in [9.17, 15) is 0 Å². The molecule has 0 aliphatic heterocycles. The van der Waals surface area contributed by atoms with Gasteiger partial charge in [0.2, 0.25) is 0 Å². The molecular weight excluding hydrogens is 232 g/mol. The molecule has 0 spiro atoms. The SMILES string of the molecule is CCN(CC)C1C=Cc2c(N)ccc3cccc1c23. The second-order valence-electron chi connectivity index (χ2n) is 5.04. The number of hydrogen-bond acceptors (Lipinski definition) is 2. The van der Waals surface area contributed by atoms with Crippen molar-refractivity contribution in [3.8, 4) is 0 Å². The smallest absolute Gasteiger partial charge is 0.0540 e. The highest BCUT2D eigenvalue weighted by Gasteiger charge is 2.22. The van der Waals surface area contributed by atoms with Crippen molar-refractivity contribution in [2.45, 2.75) is 19.9 Å². The molecule has 0 saturated heterocycles. The normalized spacial score (nSPS) is 17.3. The third kappa shape index (κ3) is 1.83. The van der Waals surface area contributed by atoms with Crippen LogP contribution in [0, 0.1) is 0 Å². The maximum absolute atomic E-state index is 6.12. The number of nitrogens with zero attached hydrogens (tertiary/aromatic N) is 1. The molecule has 1 atom stereocenters. The van der Waals surface area contributed by atoms with Gasteiger partial charge in [0, 0.05) is 11.3 Å². The van der Waals surface area contributed by atoms with Gasteiger partial charge in [0.15, 0.2) is 0 Å². The minimum absolute atomic E-state index is 0.369. The Bertz CT molecular complexity index is 639. The fourth-order valence-electron chi connectivity index (χ4n) is 3.10. The molecule has 19 heavy (non-hydrogen) atoms. The van der Waals surface area contributed by atoms with Crippen molar-refractivity contribution >= 4 is 22.5 Å². The molecule has 1 aliphatic rings. The quantitative estimate of drug-likeness (QED) is 0.841. The Morgan fingerprint density at radius 2 is 1.89 bits per heavy atom. The standard InChI is InChI=1S/C17H20N2/c1-3-19(4-2)16-11-9-13-15(18)10-8-12-6-5-7-14(16)17(12)13/h5-11,16H,3-4,18H2,1-2H3. The number of hydrogen-bond donors (Lipinski definition) is 1. The van der Waals surface area contributed by atoms with Gasteiger partial charge in [-0.15, -0.1) is 0 Å². The van der Waals surface area contributed by atoms with Crippen LogP contribution in [-0.2, 0) is 0 Å². The summed E-state index contributed by atoms with van der Waals surface area (Å²) in [5, 5.41) is 2.60. The molecule has 2 nitrogen and oxygen atoms in total. The predicted molar refractivity (Wildman–Crippen MR) is 83.1 cm³/mol. The van der Waals surface area contributed by atoms with E-state index in [0.717, 1.165) is 18.8 Å². The first-order chi connectivity index (χ1) is 9.26. The van der Waals surface area contributed by atoms with Crippen LogP contribution in [0.1, 0.15) is 31.0 Å². The zero-order valence-corrected chi connectivity index (χ0v) is 11.6. The van der Waals surface area contributed by atoms with Gasteiger partial charge in [-0.3, -0.25) is 4.90 Å². The molecule has 2 N–H and O–H groups in total. The average molecular weight is 252 g/mol. The van der Waals surface area contributed by atoms with Crippen molar-refractivity contribution in [3.63, 3.8) is 0 Å². The molecule has 1 aliphatic carbocycles. The van der Waals surface area contributed by atoms with E-state index >= 15 is 0 Å². The highest BCUT2D eigenvalue weighted by atomic mass is 15.1. The molecule has 0 heterocycles. The summed E-state index contributed by atoms with van der Waals surface area (Å²) in [5.74, 6) is 0. The fraction of sp³-hybridized carbons (Fsp3) is 0.294. The highest BCUT2D eigenvalue weighted by molar-refractivity contribution is 5.99. The van der Waals surface area contributed by atoms with Crippen molar-refractivity contribution in [2.75, 3.05) is 18.8 Å². The van der Waals surface area contributed by atoms with Gasteiger partial charge in [-0.05, 0) is 35.5 Å². The first kappa shape index (κ1) is 12.2. The summed E-state index contributed by atoms with van der Waals surface area (Å²) in [6.07, 6.45) is 4.47. The van der Waals surface area contributed by atoms with Gasteiger partial charge in [-0.1, -0.05) is 50.3 Å². The van der Waals surface area contributed by atoms with Crippen LogP contribution < -0.4 is 5.73 Å². The Balaban J connectivity index is 2.25. The van der Waals surface area contributed by atoms with Crippen LogP contribution in [0.4, 0.5) is 5.69 Å². The molecule has 0 radical (unpaired) electrons. The molecule has 0 aromatic heterocycles. The topological polar surface area (TPSA) is 29.3 Å². The number of anilines is 1. The predicted octanol–water partition coefficient (Wildman–Crippen LogP) is 3.83. The van der Waals surface area contributed by atoms with Crippen LogP contribution in [-0.4, -0.2) is 18.0 Å². The molecule has 2 aromatic carbocycles. The van der Waals surface area contributed by atoms with Crippen molar-refractivity contribution in [1.82, 2.24) is 4.90 Å². The van der Waals surface area contributed by atoms with E-state index in [1.807, 2.05) is 6.07 Å². The van der Waals surface area contributed by atoms with Gasteiger partial charge in [-0.2, -0.15) is 0 Å². The van der Waals surface area contributed by atoms with Crippen molar-refractivity contribution in [3.05, 3.63) is 47.5 Å². The summed E-state index contributed by atoms with van der Waals surface area (Å²) in [7, 11) is 0. The summed E-state index contributed by atoms with van der Waals surface area (Å²) in [4.78, 5) is 2.47. The summed E-state index contributed by atoms with van der Waals surface area (Å²) < 4.78 is 0. The zero-order valence-electron chi connectivity index (χ0n) is 11.6. The Morgan fingerprint density at radius 3 is 2.63 bits per heavy atom. The van der Waals surface area contributed by atoms with Crippen molar-refractivity contribution in [1.29, 1.82) is 0 Å². The van der Waals surface area contributed by atoms with E-state index in [-0.39, 0.29) is 0 Å². The van der Waals surface area contributed by atoms with E-state index in [4.69, 9.17) is 5.73 Å². The lowest BCUT2D eigenvalue weighted by molar-refractivity contribution is 0.258. The van der Waals surface area contributed by atoms with E-state index in [2.05, 4.69) is 55.2 Å². The third-order valence-corrected chi connectivity index (χ3v) is 4.12. The molecule has 1 unspecified atom stereocenters. The second kappa shape index (κ2) is 4.71. The Labute approximate surface area is 114 Å². The second-order valence-corrected chi connectivity index (χ2v) is 5.04. The minimum Gasteiger partial charge on any atom is -0.398 e. The summed E-state index contributed by atoms with van der Waals surface area (Å²) >= 11 is 0. The number of rotatable bonds is 3. The van der Waals surface area contributed by atoms with Crippen LogP contribution in [0.2, 0.25) is 0 Å². The van der Waals surface area contributed by atoms with Gasteiger partial charge in [0.25, 0.3) is 0 Å². The highest BCUT2D eigenvalue weighted by Crippen LogP contribution is 2.38. The van der Waals surface area contributed by atoms with Gasteiger partial charge in [-0.25, -0.2) is 0 Å². The molecule has 2 heteroatoms. The Morgan fingerprint density at radius 1 is 1.11 bits per heavy atom. The maximum atomic E-state index is 6.12. The lowest BCUT2D eigenvalue weighted by Crippen LogP contribution is -2.28. The minimum atomic E-state index is 0.369. The summed E-state index contributed by atoms with van der Waals surface area (Å²) in [6, 6.07) is 11.0. The van der Waals surface area contributed by atoms with Gasteiger partial charge >= 0.3 is 0 Å². The number of nitrogens with two attached hydrogens (primary N) is 1. The zero-order chi connectivity index (χ0) is 13.4. The van der Waals surface area contributed by atoms with Gasteiger partial charge < -0.3 is 5.73 Å². The number of benzene rings is 2. The lowest BCUT2D eigenvalue weighted by atomic mass is 9.88. The number of nitrogen functional groups attached to an aromatic ring is 1. The Hall–Kier alpha value is -1.80.